The number of aryl methyl sites for hydroxylation is 4. The van der Waals surface area contributed by atoms with Crippen molar-refractivity contribution in [3.63, 3.8) is 0 Å². The average molecular weight is 446 g/mol. The highest BCUT2D eigenvalue weighted by atomic mass is 16.5. The first kappa shape index (κ1) is 22.5. The maximum atomic E-state index is 6.48. The number of hydrogen-bond acceptors (Lipinski definition) is 1. The first-order chi connectivity index (χ1) is 16.1. The normalized spacial score (nSPS) is 12.7. The van der Waals surface area contributed by atoms with E-state index in [2.05, 4.69) is 126 Å². The molecule has 0 fully saturated rings. The Morgan fingerprint density at radius 3 is 2.15 bits per heavy atom. The smallest absolute Gasteiger partial charge is 0.251 e. The molecule has 4 aromatic rings. The van der Waals surface area contributed by atoms with Gasteiger partial charge in [-0.3, -0.25) is 0 Å². The zero-order chi connectivity index (χ0) is 24.2. The lowest BCUT2D eigenvalue weighted by Gasteiger charge is -2.29. The van der Waals surface area contributed by atoms with Crippen molar-refractivity contribution < 1.29 is 9.30 Å². The minimum atomic E-state index is 0.0912. The van der Waals surface area contributed by atoms with E-state index in [4.69, 9.17) is 4.74 Å². The van der Waals surface area contributed by atoms with Gasteiger partial charge < -0.3 is 4.74 Å². The van der Waals surface area contributed by atoms with E-state index in [1.165, 1.54) is 49.9 Å². The fraction of sp³-hybridized carbons (Fsp3) is 0.258. The second-order valence-corrected chi connectivity index (χ2v) is 10.7. The lowest BCUT2D eigenvalue weighted by molar-refractivity contribution is -0.660. The lowest BCUT2D eigenvalue weighted by atomic mass is 9.34. The Morgan fingerprint density at radius 1 is 0.735 bits per heavy atom. The van der Waals surface area contributed by atoms with Crippen molar-refractivity contribution in [2.45, 2.75) is 47.0 Å². The molecule has 0 bridgehead atoms. The minimum absolute atomic E-state index is 0.0912. The summed E-state index contributed by atoms with van der Waals surface area (Å²) < 4.78 is 8.71. The monoisotopic (exact) mass is 446 g/mol. The maximum absolute atomic E-state index is 6.48. The van der Waals surface area contributed by atoms with Crippen LogP contribution in [0, 0.1) is 20.8 Å². The van der Waals surface area contributed by atoms with Gasteiger partial charge in [-0.05, 0) is 66.4 Å². The number of fused-ring (bicyclic) bond motifs is 2. The van der Waals surface area contributed by atoms with Gasteiger partial charge >= 0.3 is 0 Å². The Morgan fingerprint density at radius 2 is 1.44 bits per heavy atom. The zero-order valence-corrected chi connectivity index (χ0v) is 21.4. The number of pyridine rings is 1. The van der Waals surface area contributed by atoms with Crippen molar-refractivity contribution in [2.24, 2.45) is 7.05 Å². The number of hydrogen-bond donors (Lipinski definition) is 0. The molecular formula is C31H33BNO+. The van der Waals surface area contributed by atoms with E-state index in [-0.39, 0.29) is 12.1 Å². The van der Waals surface area contributed by atoms with Crippen molar-refractivity contribution in [3.8, 4) is 22.8 Å². The van der Waals surface area contributed by atoms with Crippen LogP contribution in [0.5, 0.6) is 11.5 Å². The summed E-state index contributed by atoms with van der Waals surface area (Å²) in [7, 11) is 2.13. The average Bonchev–Trinajstić information content (AvgIpc) is 2.78. The molecule has 1 aromatic heterocycles. The highest BCUT2D eigenvalue weighted by Gasteiger charge is 2.35. The quantitative estimate of drug-likeness (QED) is 0.274. The van der Waals surface area contributed by atoms with Gasteiger partial charge in [-0.15, -0.1) is 0 Å². The summed E-state index contributed by atoms with van der Waals surface area (Å²) in [4.78, 5) is 0. The first-order valence-corrected chi connectivity index (χ1v) is 12.1. The third-order valence-corrected chi connectivity index (χ3v) is 7.24. The van der Waals surface area contributed by atoms with Crippen molar-refractivity contribution in [3.05, 3.63) is 95.2 Å². The molecule has 0 amide bonds. The Balaban J connectivity index is 1.78. The molecule has 0 radical (unpaired) electrons. The lowest BCUT2D eigenvalue weighted by Crippen LogP contribution is -2.56. The molecule has 5 rings (SSSR count). The second-order valence-electron chi connectivity index (χ2n) is 10.7. The van der Waals surface area contributed by atoms with Crippen molar-refractivity contribution in [1.82, 2.24) is 0 Å². The van der Waals surface area contributed by atoms with Gasteiger partial charge in [-0.1, -0.05) is 73.8 Å². The molecule has 1 aliphatic rings. The molecule has 3 aromatic carbocycles. The summed E-state index contributed by atoms with van der Waals surface area (Å²) >= 11 is 0. The molecule has 3 heteroatoms. The molecule has 1 aliphatic heterocycles. The second kappa shape index (κ2) is 8.16. The predicted octanol–water partition coefficient (Wildman–Crippen LogP) is 5.02. The van der Waals surface area contributed by atoms with Gasteiger partial charge in [0.15, 0.2) is 6.20 Å². The van der Waals surface area contributed by atoms with Gasteiger partial charge in [0.25, 0.3) is 6.71 Å². The van der Waals surface area contributed by atoms with Crippen LogP contribution in [-0.2, 0) is 12.5 Å². The molecule has 0 spiro atoms. The van der Waals surface area contributed by atoms with Gasteiger partial charge in [0, 0.05) is 17.7 Å². The van der Waals surface area contributed by atoms with Crippen LogP contribution in [0.15, 0.2) is 72.9 Å². The van der Waals surface area contributed by atoms with Gasteiger partial charge in [0.2, 0.25) is 5.69 Å². The van der Waals surface area contributed by atoms with Crippen LogP contribution in [0.2, 0.25) is 0 Å². The fourth-order valence-corrected chi connectivity index (χ4v) is 5.28. The molecule has 34 heavy (non-hydrogen) atoms. The maximum Gasteiger partial charge on any atom is 0.251 e. The minimum Gasteiger partial charge on any atom is -0.458 e. The van der Waals surface area contributed by atoms with E-state index < -0.39 is 0 Å². The molecule has 170 valence electrons. The van der Waals surface area contributed by atoms with Crippen LogP contribution in [0.4, 0.5) is 0 Å². The van der Waals surface area contributed by atoms with Crippen molar-refractivity contribution in [2.75, 3.05) is 0 Å². The van der Waals surface area contributed by atoms with Gasteiger partial charge in [-0.25, -0.2) is 4.57 Å². The Labute approximate surface area is 204 Å². The third kappa shape index (κ3) is 3.74. The number of ether oxygens (including phenoxy) is 1. The number of benzene rings is 3. The van der Waals surface area contributed by atoms with Crippen molar-refractivity contribution >= 4 is 23.1 Å². The molecule has 2 heterocycles. The summed E-state index contributed by atoms with van der Waals surface area (Å²) in [5.41, 5.74) is 11.6. The topological polar surface area (TPSA) is 13.1 Å². The summed E-state index contributed by atoms with van der Waals surface area (Å²) in [6, 6.07) is 24.3. The molecule has 0 aliphatic carbocycles. The van der Waals surface area contributed by atoms with Crippen molar-refractivity contribution in [1.29, 1.82) is 0 Å². The van der Waals surface area contributed by atoms with Gasteiger partial charge in [0.05, 0.1) is 0 Å². The largest absolute Gasteiger partial charge is 0.458 e. The molecule has 0 saturated carbocycles. The standard InChI is InChI=1S/C31H33BNO/c1-20-11-10-12-21(2)30(20)32-25-13-8-9-14-28(25)34-29-17-22(3)24(19-26(29)32)27-18-23(31(4,5)6)15-16-33(27)7/h8-19H,1-7H3/q+1. The first-order valence-electron chi connectivity index (χ1n) is 12.1. The summed E-state index contributed by atoms with van der Waals surface area (Å²) in [5, 5.41) is 0. The molecule has 0 saturated heterocycles. The van der Waals surface area contributed by atoms with Crippen LogP contribution in [0.3, 0.4) is 0 Å². The van der Waals surface area contributed by atoms with E-state index >= 15 is 0 Å². The number of nitrogens with zero attached hydrogens (tertiary/aromatic N) is 1. The summed E-state index contributed by atoms with van der Waals surface area (Å²) in [5.74, 6) is 1.91. The fourth-order valence-electron chi connectivity index (χ4n) is 5.28. The molecule has 0 unspecified atom stereocenters. The Hall–Kier alpha value is -3.33. The molecule has 0 atom stereocenters. The van der Waals surface area contributed by atoms with Crippen LogP contribution in [0.1, 0.15) is 43.0 Å². The van der Waals surface area contributed by atoms with E-state index in [1.54, 1.807) is 0 Å². The Bertz CT molecular complexity index is 1390. The SMILES string of the molecule is Cc1cc2c(cc1-c1cc(C(C)(C)C)cc[n+]1C)B(c1c(C)cccc1C)c1ccccc1O2. The van der Waals surface area contributed by atoms with Gasteiger partial charge in [-0.2, -0.15) is 0 Å². The zero-order valence-electron chi connectivity index (χ0n) is 21.4. The highest BCUT2D eigenvalue weighted by Crippen LogP contribution is 2.32. The summed E-state index contributed by atoms with van der Waals surface area (Å²) in [6.07, 6.45) is 2.18. The van der Waals surface area contributed by atoms with Crippen LogP contribution in [-0.4, -0.2) is 6.71 Å². The highest BCUT2D eigenvalue weighted by molar-refractivity contribution is 6.97. The summed E-state index contributed by atoms with van der Waals surface area (Å²) in [6.45, 7) is 13.6. The number of aromatic nitrogens is 1. The molecule has 0 N–H and O–H groups in total. The predicted molar refractivity (Wildman–Crippen MR) is 144 cm³/mol. The third-order valence-electron chi connectivity index (χ3n) is 7.24. The van der Waals surface area contributed by atoms with Gasteiger partial charge in [0.1, 0.15) is 18.5 Å². The van der Waals surface area contributed by atoms with E-state index in [9.17, 15) is 0 Å². The molecular weight excluding hydrogens is 413 g/mol. The van der Waals surface area contributed by atoms with E-state index in [0.29, 0.717) is 0 Å². The Kier molecular flexibility index (Phi) is 5.39. The van der Waals surface area contributed by atoms with Crippen LogP contribution < -0.4 is 25.7 Å². The number of para-hydroxylation sites is 1. The van der Waals surface area contributed by atoms with Crippen LogP contribution >= 0.6 is 0 Å². The van der Waals surface area contributed by atoms with E-state index in [1.807, 2.05) is 0 Å². The van der Waals surface area contributed by atoms with E-state index in [0.717, 1.165) is 11.5 Å². The van der Waals surface area contributed by atoms with Crippen LogP contribution in [0.25, 0.3) is 11.3 Å². The molecule has 2 nitrogen and oxygen atoms in total. The number of rotatable bonds is 2.